The highest BCUT2D eigenvalue weighted by Crippen LogP contribution is 2.31. The molecule has 0 unspecified atom stereocenters. The number of nitrogens with zero attached hydrogens (tertiary/aromatic N) is 1. The van der Waals surface area contributed by atoms with Crippen LogP contribution in [0.5, 0.6) is 0 Å². The number of nitrogens with two attached hydrogens (primary N) is 1. The fraction of sp³-hybridized carbons (Fsp3) is 0.917. The highest BCUT2D eigenvalue weighted by molar-refractivity contribution is 5.83. The zero-order valence-corrected chi connectivity index (χ0v) is 10.5. The second-order valence-electron chi connectivity index (χ2n) is 5.70. The topological polar surface area (TPSA) is 46.3 Å². The zero-order valence-electron chi connectivity index (χ0n) is 10.5. The number of hydrogen-bond donors (Lipinski definition) is 1. The van der Waals surface area contributed by atoms with Crippen molar-refractivity contribution >= 4 is 5.91 Å². The molecule has 0 spiro atoms. The van der Waals surface area contributed by atoms with Crippen molar-refractivity contribution in [1.82, 2.24) is 4.90 Å². The number of amides is 1. The minimum atomic E-state index is -0.482. The molecule has 1 saturated heterocycles. The Bertz CT molecular complexity index is 234. The average molecular weight is 212 g/mol. The molecule has 1 rings (SSSR count). The standard InChI is InChI=1S/C12H24N2O/c1-11(2,12(3,4)13)10(15)14-8-6-5-7-9-14/h5-9,13H2,1-4H3. The Labute approximate surface area is 93.0 Å². The Hall–Kier alpha value is -0.570. The Balaban J connectivity index is 2.74. The number of carbonyl (C=O) groups is 1. The molecule has 1 aliphatic heterocycles. The van der Waals surface area contributed by atoms with Crippen LogP contribution < -0.4 is 5.73 Å². The molecule has 2 N–H and O–H groups in total. The van der Waals surface area contributed by atoms with Gasteiger partial charge >= 0.3 is 0 Å². The molecule has 1 heterocycles. The predicted molar refractivity (Wildman–Crippen MR) is 62.5 cm³/mol. The molecule has 15 heavy (non-hydrogen) atoms. The smallest absolute Gasteiger partial charge is 0.230 e. The van der Waals surface area contributed by atoms with E-state index in [1.807, 2.05) is 32.6 Å². The van der Waals surface area contributed by atoms with Crippen molar-refractivity contribution in [3.8, 4) is 0 Å². The largest absolute Gasteiger partial charge is 0.342 e. The highest BCUT2D eigenvalue weighted by Gasteiger charge is 2.42. The quantitative estimate of drug-likeness (QED) is 0.758. The second-order valence-corrected chi connectivity index (χ2v) is 5.70. The molecule has 0 aromatic heterocycles. The third-order valence-electron chi connectivity index (χ3n) is 3.79. The van der Waals surface area contributed by atoms with Gasteiger partial charge in [-0.15, -0.1) is 0 Å². The zero-order chi connectivity index (χ0) is 11.7. The van der Waals surface area contributed by atoms with Crippen molar-refractivity contribution < 1.29 is 4.79 Å². The SMILES string of the molecule is CC(C)(N)C(C)(C)C(=O)N1CCCCC1. The molecule has 0 saturated carbocycles. The second kappa shape index (κ2) is 4.12. The van der Waals surface area contributed by atoms with E-state index in [4.69, 9.17) is 5.73 Å². The van der Waals surface area contributed by atoms with Crippen molar-refractivity contribution in [2.75, 3.05) is 13.1 Å². The van der Waals surface area contributed by atoms with Crippen LogP contribution in [0.3, 0.4) is 0 Å². The maximum atomic E-state index is 12.3. The van der Waals surface area contributed by atoms with Crippen molar-refractivity contribution in [2.24, 2.45) is 11.1 Å². The summed E-state index contributed by atoms with van der Waals surface area (Å²) in [6, 6.07) is 0. The molecule has 1 amide bonds. The third kappa shape index (κ3) is 2.51. The van der Waals surface area contributed by atoms with E-state index in [1.54, 1.807) is 0 Å². The highest BCUT2D eigenvalue weighted by atomic mass is 16.2. The first-order valence-electron chi connectivity index (χ1n) is 5.85. The normalized spacial score (nSPS) is 19.1. The van der Waals surface area contributed by atoms with Gasteiger partial charge in [0.25, 0.3) is 0 Å². The van der Waals surface area contributed by atoms with E-state index in [1.165, 1.54) is 6.42 Å². The monoisotopic (exact) mass is 212 g/mol. The molecular formula is C12H24N2O. The first-order valence-corrected chi connectivity index (χ1v) is 5.85. The fourth-order valence-corrected chi connectivity index (χ4v) is 1.77. The number of piperidine rings is 1. The van der Waals surface area contributed by atoms with Crippen molar-refractivity contribution in [3.05, 3.63) is 0 Å². The third-order valence-corrected chi connectivity index (χ3v) is 3.79. The van der Waals surface area contributed by atoms with E-state index >= 15 is 0 Å². The summed E-state index contributed by atoms with van der Waals surface area (Å²) in [6.45, 7) is 9.55. The van der Waals surface area contributed by atoms with Gasteiger partial charge < -0.3 is 10.6 Å². The summed E-state index contributed by atoms with van der Waals surface area (Å²) >= 11 is 0. The number of rotatable bonds is 2. The molecule has 0 aliphatic carbocycles. The minimum absolute atomic E-state index is 0.203. The molecule has 1 fully saturated rings. The minimum Gasteiger partial charge on any atom is -0.342 e. The first-order chi connectivity index (χ1) is 6.77. The number of hydrogen-bond acceptors (Lipinski definition) is 2. The molecule has 0 atom stereocenters. The van der Waals surface area contributed by atoms with E-state index in [-0.39, 0.29) is 5.91 Å². The van der Waals surface area contributed by atoms with Gasteiger partial charge in [-0.05, 0) is 47.0 Å². The van der Waals surface area contributed by atoms with E-state index in [2.05, 4.69) is 0 Å². The molecule has 0 aromatic rings. The lowest BCUT2D eigenvalue weighted by molar-refractivity contribution is -0.144. The Morgan fingerprint density at radius 3 is 1.93 bits per heavy atom. The van der Waals surface area contributed by atoms with Crippen LogP contribution in [0.1, 0.15) is 47.0 Å². The molecular weight excluding hydrogens is 188 g/mol. The van der Waals surface area contributed by atoms with Crippen LogP contribution in [-0.4, -0.2) is 29.4 Å². The van der Waals surface area contributed by atoms with Crippen molar-refractivity contribution in [1.29, 1.82) is 0 Å². The van der Waals surface area contributed by atoms with Gasteiger partial charge in [0.1, 0.15) is 0 Å². The van der Waals surface area contributed by atoms with Crippen molar-refractivity contribution in [3.63, 3.8) is 0 Å². The van der Waals surface area contributed by atoms with Crippen molar-refractivity contribution in [2.45, 2.75) is 52.5 Å². The van der Waals surface area contributed by atoms with Gasteiger partial charge in [0.2, 0.25) is 5.91 Å². The van der Waals surface area contributed by atoms with Crippen LogP contribution in [0.15, 0.2) is 0 Å². The molecule has 88 valence electrons. The van der Waals surface area contributed by atoms with E-state index in [0.29, 0.717) is 0 Å². The molecule has 3 heteroatoms. The maximum absolute atomic E-state index is 12.3. The summed E-state index contributed by atoms with van der Waals surface area (Å²) in [7, 11) is 0. The van der Waals surface area contributed by atoms with Gasteiger partial charge in [-0.1, -0.05) is 0 Å². The summed E-state index contributed by atoms with van der Waals surface area (Å²) in [4.78, 5) is 14.3. The summed E-state index contributed by atoms with van der Waals surface area (Å²) < 4.78 is 0. The van der Waals surface area contributed by atoms with Crippen LogP contribution in [0, 0.1) is 5.41 Å². The summed E-state index contributed by atoms with van der Waals surface area (Å²) in [6.07, 6.45) is 3.51. The van der Waals surface area contributed by atoms with Crippen LogP contribution in [0.4, 0.5) is 0 Å². The lowest BCUT2D eigenvalue weighted by Crippen LogP contribution is -2.57. The van der Waals surface area contributed by atoms with Gasteiger partial charge in [0.05, 0.1) is 5.41 Å². The van der Waals surface area contributed by atoms with Gasteiger partial charge in [-0.3, -0.25) is 4.79 Å². The van der Waals surface area contributed by atoms with Gasteiger partial charge in [-0.2, -0.15) is 0 Å². The number of carbonyl (C=O) groups excluding carboxylic acids is 1. The van der Waals surface area contributed by atoms with Crippen LogP contribution >= 0.6 is 0 Å². The maximum Gasteiger partial charge on any atom is 0.230 e. The van der Waals surface area contributed by atoms with E-state index in [9.17, 15) is 4.79 Å². The van der Waals surface area contributed by atoms with Gasteiger partial charge in [0, 0.05) is 18.6 Å². The lowest BCUT2D eigenvalue weighted by Gasteiger charge is -2.41. The van der Waals surface area contributed by atoms with E-state index < -0.39 is 11.0 Å². The summed E-state index contributed by atoms with van der Waals surface area (Å²) in [5.41, 5.74) is 5.12. The summed E-state index contributed by atoms with van der Waals surface area (Å²) in [5, 5.41) is 0. The molecule has 0 bridgehead atoms. The lowest BCUT2D eigenvalue weighted by atomic mass is 9.74. The Morgan fingerprint density at radius 2 is 1.53 bits per heavy atom. The van der Waals surface area contributed by atoms with Crippen LogP contribution in [-0.2, 0) is 4.79 Å². The molecule has 1 aliphatic rings. The Kier molecular flexibility index (Phi) is 3.44. The van der Waals surface area contributed by atoms with Crippen LogP contribution in [0.2, 0.25) is 0 Å². The van der Waals surface area contributed by atoms with Crippen LogP contribution in [0.25, 0.3) is 0 Å². The summed E-state index contributed by atoms with van der Waals surface area (Å²) in [5.74, 6) is 0.203. The molecule has 3 nitrogen and oxygen atoms in total. The molecule has 0 radical (unpaired) electrons. The number of likely N-dealkylation sites (tertiary alicyclic amines) is 1. The van der Waals surface area contributed by atoms with Gasteiger partial charge in [0.15, 0.2) is 0 Å². The fourth-order valence-electron chi connectivity index (χ4n) is 1.77. The Morgan fingerprint density at radius 1 is 1.07 bits per heavy atom. The molecule has 0 aromatic carbocycles. The van der Waals surface area contributed by atoms with E-state index in [0.717, 1.165) is 25.9 Å². The average Bonchev–Trinajstić information content (AvgIpc) is 2.16. The van der Waals surface area contributed by atoms with Gasteiger partial charge in [-0.25, -0.2) is 0 Å². The first kappa shape index (κ1) is 12.5. The predicted octanol–water partition coefficient (Wildman–Crippen LogP) is 1.76.